The maximum absolute atomic E-state index is 11.7. The van der Waals surface area contributed by atoms with Crippen molar-refractivity contribution in [1.82, 2.24) is 9.55 Å². The lowest BCUT2D eigenvalue weighted by Gasteiger charge is -2.06. The molecule has 4 nitrogen and oxygen atoms in total. The maximum atomic E-state index is 11.7. The fourth-order valence-corrected chi connectivity index (χ4v) is 2.06. The van der Waals surface area contributed by atoms with Crippen molar-refractivity contribution >= 4 is 5.78 Å². The number of Topliss-reactive ketones (excluding diaryl/α,β-unsaturated/α-hetero) is 1. The quantitative estimate of drug-likeness (QED) is 0.755. The molecule has 16 heavy (non-hydrogen) atoms. The first kappa shape index (κ1) is 11.3. The van der Waals surface area contributed by atoms with E-state index in [1.807, 2.05) is 17.8 Å². The van der Waals surface area contributed by atoms with Gasteiger partial charge in [-0.2, -0.15) is 0 Å². The smallest absolute Gasteiger partial charge is 0.133 e. The summed E-state index contributed by atoms with van der Waals surface area (Å²) in [4.78, 5) is 15.9. The predicted octanol–water partition coefficient (Wildman–Crippen LogP) is 1.35. The molecule has 4 heteroatoms. The molecule has 1 saturated heterocycles. The molecule has 2 heterocycles. The van der Waals surface area contributed by atoms with Crippen LogP contribution in [0.5, 0.6) is 0 Å². The fourth-order valence-electron chi connectivity index (χ4n) is 2.06. The van der Waals surface area contributed by atoms with Crippen LogP contribution in [-0.2, 0) is 23.0 Å². The molecule has 0 N–H and O–H groups in total. The molecule has 1 fully saturated rings. The Balaban J connectivity index is 1.73. The lowest BCUT2D eigenvalue weighted by molar-refractivity contribution is -0.120. The van der Waals surface area contributed by atoms with E-state index < -0.39 is 0 Å². The molecule has 88 valence electrons. The number of hydrogen-bond acceptors (Lipinski definition) is 3. The summed E-state index contributed by atoms with van der Waals surface area (Å²) in [5.74, 6) is 1.77. The van der Waals surface area contributed by atoms with Gasteiger partial charge in [-0.25, -0.2) is 4.98 Å². The molecule has 1 unspecified atom stereocenters. The van der Waals surface area contributed by atoms with Crippen LogP contribution in [0, 0.1) is 5.92 Å². The normalized spacial score (nSPS) is 20.2. The zero-order valence-corrected chi connectivity index (χ0v) is 9.69. The zero-order chi connectivity index (χ0) is 11.4. The van der Waals surface area contributed by atoms with Crippen molar-refractivity contribution in [2.75, 3.05) is 13.2 Å². The van der Waals surface area contributed by atoms with Crippen LogP contribution < -0.4 is 0 Å². The average molecular weight is 222 g/mol. The van der Waals surface area contributed by atoms with Gasteiger partial charge in [0.25, 0.3) is 0 Å². The molecular formula is C12H18N2O2. The zero-order valence-electron chi connectivity index (χ0n) is 9.69. The minimum absolute atomic E-state index is 0.332. The van der Waals surface area contributed by atoms with Crippen LogP contribution in [0.2, 0.25) is 0 Å². The summed E-state index contributed by atoms with van der Waals surface area (Å²) in [6.45, 7) is 1.57. The summed E-state index contributed by atoms with van der Waals surface area (Å²) in [7, 11) is 1.96. The van der Waals surface area contributed by atoms with Gasteiger partial charge in [0, 0.05) is 51.9 Å². The van der Waals surface area contributed by atoms with Crippen molar-refractivity contribution in [2.24, 2.45) is 13.0 Å². The number of hydrogen-bond donors (Lipinski definition) is 0. The first-order chi connectivity index (χ1) is 7.75. The van der Waals surface area contributed by atoms with E-state index in [9.17, 15) is 4.79 Å². The predicted molar refractivity (Wildman–Crippen MR) is 60.1 cm³/mol. The van der Waals surface area contributed by atoms with Crippen LogP contribution in [0.1, 0.15) is 25.1 Å². The molecule has 0 spiro atoms. The molecule has 0 radical (unpaired) electrons. The number of aryl methyl sites for hydroxylation is 2. The third-order valence-electron chi connectivity index (χ3n) is 3.09. The Bertz CT molecular complexity index is 354. The Labute approximate surface area is 95.6 Å². The minimum Gasteiger partial charge on any atom is -0.381 e. The van der Waals surface area contributed by atoms with E-state index in [1.165, 1.54) is 0 Å². The average Bonchev–Trinajstić information content (AvgIpc) is 2.87. The van der Waals surface area contributed by atoms with E-state index >= 15 is 0 Å². The highest BCUT2D eigenvalue weighted by Crippen LogP contribution is 2.17. The van der Waals surface area contributed by atoms with E-state index in [2.05, 4.69) is 4.98 Å². The first-order valence-corrected chi connectivity index (χ1v) is 5.81. The molecule has 0 saturated carbocycles. The first-order valence-electron chi connectivity index (χ1n) is 5.81. The second kappa shape index (κ2) is 5.25. The Morgan fingerprint density at radius 3 is 3.19 bits per heavy atom. The van der Waals surface area contributed by atoms with Gasteiger partial charge in [0.05, 0.1) is 0 Å². The van der Waals surface area contributed by atoms with Gasteiger partial charge in [0.2, 0.25) is 0 Å². The third-order valence-corrected chi connectivity index (χ3v) is 3.09. The number of carbonyl (C=O) groups excluding carboxylic acids is 1. The highest BCUT2D eigenvalue weighted by atomic mass is 16.5. The molecule has 1 aromatic rings. The number of ketones is 1. The molecule has 0 bridgehead atoms. The number of imidazole rings is 1. The van der Waals surface area contributed by atoms with Crippen LogP contribution in [0.4, 0.5) is 0 Å². The number of carbonyl (C=O) groups is 1. The largest absolute Gasteiger partial charge is 0.381 e. The van der Waals surface area contributed by atoms with Gasteiger partial charge >= 0.3 is 0 Å². The van der Waals surface area contributed by atoms with Crippen LogP contribution >= 0.6 is 0 Å². The SMILES string of the molecule is Cn1ccnc1CCC(=O)CC1CCOC1. The van der Waals surface area contributed by atoms with Crippen molar-refractivity contribution in [1.29, 1.82) is 0 Å². The number of aromatic nitrogens is 2. The van der Waals surface area contributed by atoms with Gasteiger partial charge in [-0.15, -0.1) is 0 Å². The van der Waals surface area contributed by atoms with Crippen LogP contribution in [-0.4, -0.2) is 28.5 Å². The van der Waals surface area contributed by atoms with E-state index in [4.69, 9.17) is 4.74 Å². The molecule has 1 atom stereocenters. The molecule has 0 amide bonds. The fraction of sp³-hybridized carbons (Fsp3) is 0.667. The number of nitrogens with zero attached hydrogens (tertiary/aromatic N) is 2. The summed E-state index contributed by atoms with van der Waals surface area (Å²) in [6, 6.07) is 0. The van der Waals surface area contributed by atoms with Crippen molar-refractivity contribution < 1.29 is 9.53 Å². The Hall–Kier alpha value is -1.16. The van der Waals surface area contributed by atoms with Crippen molar-refractivity contribution in [3.63, 3.8) is 0 Å². The Morgan fingerprint density at radius 1 is 1.69 bits per heavy atom. The van der Waals surface area contributed by atoms with E-state index in [-0.39, 0.29) is 0 Å². The van der Waals surface area contributed by atoms with Gasteiger partial charge < -0.3 is 9.30 Å². The molecule has 0 aliphatic carbocycles. The summed E-state index contributed by atoms with van der Waals surface area (Å²) in [5.41, 5.74) is 0. The standard InChI is InChI=1S/C12H18N2O2/c1-14-6-5-13-12(14)3-2-11(15)8-10-4-7-16-9-10/h5-6,10H,2-4,7-9H2,1H3. The molecule has 0 aromatic carbocycles. The topological polar surface area (TPSA) is 44.1 Å². The number of ether oxygens (including phenoxy) is 1. The summed E-state index contributed by atoms with van der Waals surface area (Å²) >= 11 is 0. The molecule has 1 aliphatic rings. The molecule has 2 rings (SSSR count). The van der Waals surface area contributed by atoms with Crippen LogP contribution in [0.15, 0.2) is 12.4 Å². The number of rotatable bonds is 5. The maximum Gasteiger partial charge on any atom is 0.133 e. The highest BCUT2D eigenvalue weighted by Gasteiger charge is 2.19. The molecule has 1 aliphatic heterocycles. The van der Waals surface area contributed by atoms with Gasteiger partial charge in [-0.1, -0.05) is 0 Å². The lowest BCUT2D eigenvalue weighted by Crippen LogP contribution is -2.10. The second-order valence-electron chi connectivity index (χ2n) is 4.43. The monoisotopic (exact) mass is 222 g/mol. The van der Waals surface area contributed by atoms with Gasteiger partial charge in [-0.3, -0.25) is 4.79 Å². The van der Waals surface area contributed by atoms with Crippen LogP contribution in [0.3, 0.4) is 0 Å². The Morgan fingerprint density at radius 2 is 2.56 bits per heavy atom. The minimum atomic E-state index is 0.332. The second-order valence-corrected chi connectivity index (χ2v) is 4.43. The molecular weight excluding hydrogens is 204 g/mol. The third kappa shape index (κ3) is 2.92. The van der Waals surface area contributed by atoms with E-state index in [0.29, 0.717) is 24.5 Å². The van der Waals surface area contributed by atoms with E-state index in [0.717, 1.165) is 31.9 Å². The highest BCUT2D eigenvalue weighted by molar-refractivity contribution is 5.78. The van der Waals surface area contributed by atoms with E-state index in [1.54, 1.807) is 6.20 Å². The van der Waals surface area contributed by atoms with Gasteiger partial charge in [0.15, 0.2) is 0 Å². The van der Waals surface area contributed by atoms with Gasteiger partial charge in [-0.05, 0) is 12.3 Å². The summed E-state index contributed by atoms with van der Waals surface area (Å²) in [6.07, 6.45) is 6.73. The Kier molecular flexibility index (Phi) is 3.72. The van der Waals surface area contributed by atoms with Crippen molar-refractivity contribution in [2.45, 2.75) is 25.7 Å². The summed E-state index contributed by atoms with van der Waals surface area (Å²) < 4.78 is 7.22. The van der Waals surface area contributed by atoms with Crippen molar-refractivity contribution in [3.8, 4) is 0 Å². The van der Waals surface area contributed by atoms with Crippen molar-refractivity contribution in [3.05, 3.63) is 18.2 Å². The van der Waals surface area contributed by atoms with Crippen LogP contribution in [0.25, 0.3) is 0 Å². The molecule has 1 aromatic heterocycles. The lowest BCUT2D eigenvalue weighted by atomic mass is 9.99. The summed E-state index contributed by atoms with van der Waals surface area (Å²) in [5, 5.41) is 0. The van der Waals surface area contributed by atoms with Gasteiger partial charge in [0.1, 0.15) is 11.6 Å².